The van der Waals surface area contributed by atoms with E-state index in [1.54, 1.807) is 19.4 Å². The third kappa shape index (κ3) is 3.35. The molecule has 0 saturated heterocycles. The first-order valence-corrected chi connectivity index (χ1v) is 7.89. The number of ether oxygens (including phenoxy) is 1. The van der Waals surface area contributed by atoms with Gasteiger partial charge in [0.25, 0.3) is 5.91 Å². The number of nitrogens with one attached hydrogen (secondary N) is 1. The van der Waals surface area contributed by atoms with Gasteiger partial charge < -0.3 is 15.0 Å². The number of fused-ring (bicyclic) bond motifs is 1. The second-order valence-electron chi connectivity index (χ2n) is 5.51. The normalized spacial score (nSPS) is 13.5. The molecule has 0 saturated carbocycles. The van der Waals surface area contributed by atoms with Crippen LogP contribution in [0.1, 0.15) is 22.3 Å². The maximum absolute atomic E-state index is 12.5. The SMILES string of the molecule is COCCNC(=O)c1cccnc1N1CCCc2ccccc21. The molecule has 1 aliphatic heterocycles. The molecule has 0 unspecified atom stereocenters. The molecule has 23 heavy (non-hydrogen) atoms. The van der Waals surface area contributed by atoms with E-state index in [0.29, 0.717) is 18.7 Å². The minimum atomic E-state index is -0.117. The Morgan fingerprint density at radius 1 is 1.30 bits per heavy atom. The number of pyridine rings is 1. The minimum Gasteiger partial charge on any atom is -0.383 e. The third-order valence-electron chi connectivity index (χ3n) is 3.99. The summed E-state index contributed by atoms with van der Waals surface area (Å²) in [5, 5.41) is 2.87. The summed E-state index contributed by atoms with van der Waals surface area (Å²) in [5.41, 5.74) is 3.04. The van der Waals surface area contributed by atoms with Gasteiger partial charge in [-0.3, -0.25) is 4.79 Å². The second-order valence-corrected chi connectivity index (χ2v) is 5.51. The van der Waals surface area contributed by atoms with Crippen LogP contribution in [0.15, 0.2) is 42.6 Å². The lowest BCUT2D eigenvalue weighted by Gasteiger charge is -2.31. The van der Waals surface area contributed by atoms with E-state index in [2.05, 4.69) is 33.4 Å². The number of amides is 1. The Kier molecular flexibility index (Phi) is 4.88. The molecule has 0 bridgehead atoms. The van der Waals surface area contributed by atoms with Crippen LogP contribution in [0.5, 0.6) is 0 Å². The molecule has 2 aromatic rings. The number of anilines is 2. The van der Waals surface area contributed by atoms with Gasteiger partial charge in [-0.1, -0.05) is 18.2 Å². The van der Waals surface area contributed by atoms with Gasteiger partial charge in [0.1, 0.15) is 5.82 Å². The Labute approximate surface area is 136 Å². The van der Waals surface area contributed by atoms with Crippen molar-refractivity contribution in [2.75, 3.05) is 31.7 Å². The summed E-state index contributed by atoms with van der Waals surface area (Å²) in [4.78, 5) is 19.1. The van der Waals surface area contributed by atoms with Crippen LogP contribution in [0.2, 0.25) is 0 Å². The fraction of sp³-hybridized carbons (Fsp3) is 0.333. The summed E-state index contributed by atoms with van der Waals surface area (Å²) in [7, 11) is 1.62. The van der Waals surface area contributed by atoms with E-state index < -0.39 is 0 Å². The van der Waals surface area contributed by atoms with Crippen molar-refractivity contribution in [2.45, 2.75) is 12.8 Å². The van der Waals surface area contributed by atoms with Gasteiger partial charge in [0, 0.05) is 32.1 Å². The van der Waals surface area contributed by atoms with Gasteiger partial charge >= 0.3 is 0 Å². The number of benzene rings is 1. The predicted octanol–water partition coefficient (Wildman–Crippen LogP) is 2.54. The van der Waals surface area contributed by atoms with Crippen molar-refractivity contribution >= 4 is 17.4 Å². The summed E-state index contributed by atoms with van der Waals surface area (Å²) in [6, 6.07) is 11.9. The molecule has 0 fully saturated rings. The Hall–Kier alpha value is -2.40. The molecule has 0 radical (unpaired) electrons. The highest BCUT2D eigenvalue weighted by Crippen LogP contribution is 2.33. The van der Waals surface area contributed by atoms with Crippen molar-refractivity contribution < 1.29 is 9.53 Å². The highest BCUT2D eigenvalue weighted by molar-refractivity contribution is 5.99. The van der Waals surface area contributed by atoms with Crippen LogP contribution in [-0.4, -0.2) is 37.7 Å². The van der Waals surface area contributed by atoms with Crippen LogP contribution in [0.25, 0.3) is 0 Å². The van der Waals surface area contributed by atoms with Crippen LogP contribution >= 0.6 is 0 Å². The summed E-state index contributed by atoms with van der Waals surface area (Å²) in [6.07, 6.45) is 3.85. The maximum Gasteiger partial charge on any atom is 0.255 e. The summed E-state index contributed by atoms with van der Waals surface area (Å²) < 4.78 is 4.98. The number of carbonyl (C=O) groups excluding carboxylic acids is 1. The van der Waals surface area contributed by atoms with Gasteiger partial charge in [-0.05, 0) is 36.6 Å². The van der Waals surface area contributed by atoms with Crippen LogP contribution in [0, 0.1) is 0 Å². The number of aryl methyl sites for hydroxylation is 1. The van der Waals surface area contributed by atoms with E-state index in [4.69, 9.17) is 4.74 Å². The lowest BCUT2D eigenvalue weighted by Crippen LogP contribution is -2.31. The van der Waals surface area contributed by atoms with E-state index in [1.807, 2.05) is 12.1 Å². The molecule has 1 N–H and O–H groups in total. The third-order valence-corrected chi connectivity index (χ3v) is 3.99. The second kappa shape index (κ2) is 7.24. The number of hydrogen-bond acceptors (Lipinski definition) is 4. The largest absolute Gasteiger partial charge is 0.383 e. The molecule has 1 aromatic carbocycles. The monoisotopic (exact) mass is 311 g/mol. The zero-order valence-electron chi connectivity index (χ0n) is 13.3. The van der Waals surface area contributed by atoms with E-state index in [9.17, 15) is 4.79 Å². The standard InChI is InChI=1S/C18H21N3O2/c1-23-13-11-20-18(22)15-8-4-10-19-17(15)21-12-5-7-14-6-2-3-9-16(14)21/h2-4,6,8-10H,5,7,11-13H2,1H3,(H,20,22). The highest BCUT2D eigenvalue weighted by atomic mass is 16.5. The Morgan fingerprint density at radius 2 is 2.17 bits per heavy atom. The van der Waals surface area contributed by atoms with Crippen molar-refractivity contribution in [3.05, 3.63) is 53.7 Å². The fourth-order valence-electron chi connectivity index (χ4n) is 2.90. The van der Waals surface area contributed by atoms with Crippen molar-refractivity contribution in [3.63, 3.8) is 0 Å². The molecule has 1 aliphatic rings. The molecule has 5 heteroatoms. The van der Waals surface area contributed by atoms with E-state index in [-0.39, 0.29) is 5.91 Å². The Bertz CT molecular complexity index is 687. The lowest BCUT2D eigenvalue weighted by molar-refractivity contribution is 0.0937. The van der Waals surface area contributed by atoms with Crippen molar-refractivity contribution in [3.8, 4) is 0 Å². The minimum absolute atomic E-state index is 0.117. The zero-order valence-corrected chi connectivity index (χ0v) is 13.3. The van der Waals surface area contributed by atoms with Crippen molar-refractivity contribution in [2.24, 2.45) is 0 Å². The van der Waals surface area contributed by atoms with Gasteiger partial charge in [-0.2, -0.15) is 0 Å². The van der Waals surface area contributed by atoms with Gasteiger partial charge in [-0.25, -0.2) is 4.98 Å². The number of aromatic nitrogens is 1. The van der Waals surface area contributed by atoms with Crippen LogP contribution in [0.4, 0.5) is 11.5 Å². The van der Waals surface area contributed by atoms with Gasteiger partial charge in [-0.15, -0.1) is 0 Å². The Morgan fingerprint density at radius 3 is 3.04 bits per heavy atom. The van der Waals surface area contributed by atoms with Gasteiger partial charge in [0.05, 0.1) is 12.2 Å². The summed E-state index contributed by atoms with van der Waals surface area (Å²) >= 11 is 0. The quantitative estimate of drug-likeness (QED) is 0.862. The van der Waals surface area contributed by atoms with Crippen LogP contribution < -0.4 is 10.2 Å². The fourth-order valence-corrected chi connectivity index (χ4v) is 2.90. The molecule has 120 valence electrons. The molecule has 0 atom stereocenters. The number of carbonyl (C=O) groups is 1. The van der Waals surface area contributed by atoms with Crippen molar-refractivity contribution in [1.29, 1.82) is 0 Å². The molecule has 0 aliphatic carbocycles. The molecular weight excluding hydrogens is 290 g/mol. The molecular formula is C18H21N3O2. The number of rotatable bonds is 5. The van der Waals surface area contributed by atoms with E-state index in [0.717, 1.165) is 30.9 Å². The topological polar surface area (TPSA) is 54.5 Å². The molecule has 1 amide bonds. The van der Waals surface area contributed by atoms with Crippen molar-refractivity contribution in [1.82, 2.24) is 10.3 Å². The number of para-hydroxylation sites is 1. The molecule has 3 rings (SSSR count). The van der Waals surface area contributed by atoms with E-state index in [1.165, 1.54) is 5.56 Å². The number of methoxy groups -OCH3 is 1. The smallest absolute Gasteiger partial charge is 0.255 e. The molecule has 2 heterocycles. The van der Waals surface area contributed by atoms with Crippen LogP contribution in [-0.2, 0) is 11.2 Å². The number of hydrogen-bond donors (Lipinski definition) is 1. The maximum atomic E-state index is 12.5. The first-order valence-electron chi connectivity index (χ1n) is 7.89. The zero-order chi connectivity index (χ0) is 16.1. The average molecular weight is 311 g/mol. The van der Waals surface area contributed by atoms with E-state index >= 15 is 0 Å². The summed E-state index contributed by atoms with van der Waals surface area (Å²) in [6.45, 7) is 1.85. The summed E-state index contributed by atoms with van der Waals surface area (Å²) in [5.74, 6) is 0.600. The highest BCUT2D eigenvalue weighted by Gasteiger charge is 2.23. The van der Waals surface area contributed by atoms with Crippen LogP contribution in [0.3, 0.4) is 0 Å². The average Bonchev–Trinajstić information content (AvgIpc) is 2.61. The Balaban J connectivity index is 1.91. The molecule has 1 aromatic heterocycles. The molecule has 0 spiro atoms. The lowest BCUT2D eigenvalue weighted by atomic mass is 10.0. The first-order chi connectivity index (χ1) is 11.3. The number of nitrogens with zero attached hydrogens (tertiary/aromatic N) is 2. The van der Waals surface area contributed by atoms with Gasteiger partial charge in [0.15, 0.2) is 0 Å². The first kappa shape index (κ1) is 15.5. The van der Waals surface area contributed by atoms with Gasteiger partial charge in [0.2, 0.25) is 0 Å². The molecule has 5 nitrogen and oxygen atoms in total. The predicted molar refractivity (Wildman–Crippen MR) is 90.2 cm³/mol.